The Kier molecular flexibility index (Phi) is 6.85. The lowest BCUT2D eigenvalue weighted by Crippen LogP contribution is -2.35. The van der Waals surface area contributed by atoms with Crippen molar-refractivity contribution in [2.45, 2.75) is 26.2 Å². The number of carbonyl (C=O) groups is 1. The summed E-state index contributed by atoms with van der Waals surface area (Å²) in [6.45, 7) is 3.45. The number of thiophene rings is 1. The molecule has 2 N–H and O–H groups in total. The Bertz CT molecular complexity index is 1190. The number of pyridine rings is 1. The third-order valence-corrected chi connectivity index (χ3v) is 7.38. The smallest absolute Gasteiger partial charge is 0.291 e. The summed E-state index contributed by atoms with van der Waals surface area (Å²) in [7, 11) is -0.383. The quantitative estimate of drug-likeness (QED) is 0.522. The lowest BCUT2D eigenvalue weighted by Gasteiger charge is -2.33. The van der Waals surface area contributed by atoms with E-state index in [4.69, 9.17) is 14.5 Å². The first-order valence-corrected chi connectivity index (χ1v) is 12.6. The largest absolute Gasteiger partial charge is 0.480 e. The van der Waals surface area contributed by atoms with Crippen molar-refractivity contribution in [3.8, 4) is 5.88 Å². The Labute approximate surface area is 190 Å². The zero-order valence-electron chi connectivity index (χ0n) is 17.9. The second kappa shape index (κ2) is 9.62. The zero-order chi connectivity index (χ0) is 22.8. The third kappa shape index (κ3) is 4.68. The van der Waals surface area contributed by atoms with E-state index in [9.17, 15) is 9.59 Å². The van der Waals surface area contributed by atoms with Crippen LogP contribution >= 0.6 is 19.7 Å². The molecule has 1 aliphatic heterocycles. The van der Waals surface area contributed by atoms with Gasteiger partial charge in [-0.2, -0.15) is 14.8 Å². The van der Waals surface area contributed by atoms with Gasteiger partial charge in [0.2, 0.25) is 5.88 Å². The first kappa shape index (κ1) is 22.8. The number of aromatic nitrogens is 3. The molecule has 1 aliphatic rings. The Morgan fingerprint density at radius 1 is 1.31 bits per heavy atom. The van der Waals surface area contributed by atoms with Crippen molar-refractivity contribution in [2.75, 3.05) is 31.3 Å². The maximum atomic E-state index is 13.1. The van der Waals surface area contributed by atoms with Gasteiger partial charge in [0.05, 0.1) is 18.2 Å². The minimum atomic E-state index is -1.84. The minimum Gasteiger partial charge on any atom is -0.480 e. The van der Waals surface area contributed by atoms with Crippen LogP contribution in [0.3, 0.4) is 0 Å². The fourth-order valence-electron chi connectivity index (χ4n) is 3.98. The number of hydrogen-bond acceptors (Lipinski definition) is 9. The van der Waals surface area contributed by atoms with Crippen LogP contribution in [0.15, 0.2) is 29.2 Å². The van der Waals surface area contributed by atoms with Crippen LogP contribution in [-0.2, 0) is 0 Å². The number of carbonyl (C=O) groups excluding carboxylic acids is 1. The van der Waals surface area contributed by atoms with E-state index in [0.717, 1.165) is 41.9 Å². The van der Waals surface area contributed by atoms with Gasteiger partial charge in [-0.15, -0.1) is 11.3 Å². The topological polar surface area (TPSA) is 118 Å². The first-order valence-electron chi connectivity index (χ1n) is 10.4. The van der Waals surface area contributed by atoms with Gasteiger partial charge >= 0.3 is 0 Å². The number of rotatable bonds is 6. The molecule has 3 aromatic heterocycles. The van der Waals surface area contributed by atoms with Crippen LogP contribution in [0, 0.1) is 12.8 Å². The van der Waals surface area contributed by atoms with Gasteiger partial charge in [0.15, 0.2) is 8.38 Å². The van der Waals surface area contributed by atoms with Gasteiger partial charge in [-0.1, -0.05) is 0 Å². The molecule has 0 amide bonds. The maximum absolute atomic E-state index is 13.1. The van der Waals surface area contributed by atoms with Crippen LogP contribution in [-0.4, -0.2) is 56.8 Å². The number of methoxy groups -OCH3 is 1. The van der Waals surface area contributed by atoms with Crippen molar-refractivity contribution in [1.29, 1.82) is 0 Å². The third-order valence-electron chi connectivity index (χ3n) is 5.73. The first-order chi connectivity index (χ1) is 15.4. The molecule has 4 rings (SSSR count). The van der Waals surface area contributed by atoms with E-state index in [1.807, 2.05) is 13.0 Å². The molecule has 32 heavy (non-hydrogen) atoms. The molecule has 11 heteroatoms. The molecule has 0 aromatic carbocycles. The molecule has 0 aliphatic carbocycles. The molecule has 3 aromatic rings. The maximum Gasteiger partial charge on any atom is 0.291 e. The van der Waals surface area contributed by atoms with E-state index in [-0.39, 0.29) is 11.3 Å². The molecule has 1 fully saturated rings. The van der Waals surface area contributed by atoms with Crippen molar-refractivity contribution < 1.29 is 19.3 Å². The predicted molar refractivity (Wildman–Crippen MR) is 125 cm³/mol. The predicted octanol–water partition coefficient (Wildman–Crippen LogP) is 2.76. The number of aryl methyl sites for hydroxylation is 1. The van der Waals surface area contributed by atoms with Gasteiger partial charge < -0.3 is 19.4 Å². The second-order valence-electron chi connectivity index (χ2n) is 7.85. The number of piperidine rings is 1. The molecule has 0 atom stereocenters. The van der Waals surface area contributed by atoms with Crippen LogP contribution < -0.4 is 15.2 Å². The highest BCUT2D eigenvalue weighted by Crippen LogP contribution is 2.32. The fraction of sp³-hybridized carbons (Fsp3) is 0.429. The van der Waals surface area contributed by atoms with E-state index >= 15 is 0 Å². The van der Waals surface area contributed by atoms with Gasteiger partial charge in [-0.3, -0.25) is 9.59 Å². The average Bonchev–Trinajstić information content (AvgIpc) is 3.23. The van der Waals surface area contributed by atoms with E-state index in [2.05, 4.69) is 15.0 Å². The highest BCUT2D eigenvalue weighted by atomic mass is 32.1. The van der Waals surface area contributed by atoms with Gasteiger partial charge in [0, 0.05) is 29.5 Å². The highest BCUT2D eigenvalue weighted by molar-refractivity contribution is 7.45. The zero-order valence-corrected chi connectivity index (χ0v) is 19.6. The molecule has 4 heterocycles. The number of nitrogens with zero attached hydrogens (tertiary/aromatic N) is 4. The van der Waals surface area contributed by atoms with Gasteiger partial charge in [-0.05, 0) is 50.3 Å². The second-order valence-corrected chi connectivity index (χ2v) is 10.3. The lowest BCUT2D eigenvalue weighted by atomic mass is 9.94. The summed E-state index contributed by atoms with van der Waals surface area (Å²) >= 11 is 1.31. The van der Waals surface area contributed by atoms with Crippen molar-refractivity contribution in [2.24, 2.45) is 5.92 Å². The summed E-state index contributed by atoms with van der Waals surface area (Å²) in [6, 6.07) is 5.32. The summed E-state index contributed by atoms with van der Waals surface area (Å²) in [5, 5.41) is 4.91. The number of fused-ring (bicyclic) bond motifs is 1. The standard InChI is InChI=1S/C21H25N4O5PS/c1-13-3-4-16(32-13)20(26)25-21(27)18-15(12-22-25)11-17(23-19(18)30-2)24-8-5-14(6-9-24)7-10-31(28)29/h3-4,11-12,14,28-29H,5-10H2,1-2H3. The molecule has 0 spiro atoms. The summed E-state index contributed by atoms with van der Waals surface area (Å²) in [4.78, 5) is 52.3. The van der Waals surface area contributed by atoms with Crippen molar-refractivity contribution in [1.82, 2.24) is 14.8 Å². The number of anilines is 1. The van der Waals surface area contributed by atoms with Gasteiger partial charge in [0.25, 0.3) is 11.5 Å². The van der Waals surface area contributed by atoms with E-state index in [1.165, 1.54) is 24.6 Å². The molecule has 0 radical (unpaired) electrons. The summed E-state index contributed by atoms with van der Waals surface area (Å²) in [6.07, 6.45) is 4.62. The van der Waals surface area contributed by atoms with E-state index in [0.29, 0.717) is 28.2 Å². The summed E-state index contributed by atoms with van der Waals surface area (Å²) in [5.41, 5.74) is -0.558. The van der Waals surface area contributed by atoms with Gasteiger partial charge in [0.1, 0.15) is 11.2 Å². The fourth-order valence-corrected chi connectivity index (χ4v) is 5.37. The minimum absolute atomic E-state index is 0.169. The van der Waals surface area contributed by atoms with Crippen molar-refractivity contribution in [3.05, 3.63) is 44.5 Å². The molecule has 0 unspecified atom stereocenters. The van der Waals surface area contributed by atoms with Crippen molar-refractivity contribution in [3.63, 3.8) is 0 Å². The number of hydrogen-bond donors (Lipinski definition) is 2. The van der Waals surface area contributed by atoms with Crippen LogP contribution in [0.2, 0.25) is 0 Å². The SMILES string of the molecule is COc1nc(N2CCC(CCP(O)O)CC2)cc2cnn(C(=O)c3ccc(C)s3)c(=O)c12. The van der Waals surface area contributed by atoms with Gasteiger partial charge in [-0.25, -0.2) is 0 Å². The Morgan fingerprint density at radius 2 is 2.06 bits per heavy atom. The van der Waals surface area contributed by atoms with Crippen LogP contribution in [0.1, 0.15) is 33.8 Å². The monoisotopic (exact) mass is 476 g/mol. The van der Waals surface area contributed by atoms with Crippen LogP contribution in [0.25, 0.3) is 10.8 Å². The lowest BCUT2D eigenvalue weighted by molar-refractivity contribution is 0.0944. The average molecular weight is 476 g/mol. The summed E-state index contributed by atoms with van der Waals surface area (Å²) in [5.74, 6) is 0.844. The Morgan fingerprint density at radius 3 is 2.69 bits per heavy atom. The molecule has 1 saturated heterocycles. The highest BCUT2D eigenvalue weighted by Gasteiger charge is 2.24. The van der Waals surface area contributed by atoms with Crippen molar-refractivity contribution >= 4 is 42.2 Å². The molecule has 9 nitrogen and oxygen atoms in total. The number of ether oxygens (including phenoxy) is 1. The summed E-state index contributed by atoms with van der Waals surface area (Å²) < 4.78 is 6.29. The van der Waals surface area contributed by atoms with E-state index in [1.54, 1.807) is 12.1 Å². The molecular weight excluding hydrogens is 451 g/mol. The molecule has 0 saturated carbocycles. The Hall–Kier alpha value is -2.39. The Balaban J connectivity index is 1.61. The van der Waals surface area contributed by atoms with Crippen LogP contribution in [0.5, 0.6) is 5.88 Å². The molecule has 0 bridgehead atoms. The van der Waals surface area contributed by atoms with E-state index < -0.39 is 19.8 Å². The molecule has 170 valence electrons. The normalized spacial score (nSPS) is 15.0. The molecular formula is C21H25N4O5PS. The van der Waals surface area contributed by atoms with Crippen LogP contribution in [0.4, 0.5) is 5.82 Å².